The van der Waals surface area contributed by atoms with Gasteiger partial charge in [-0.05, 0) is 30.3 Å². The summed E-state index contributed by atoms with van der Waals surface area (Å²) in [6.45, 7) is 0. The summed E-state index contributed by atoms with van der Waals surface area (Å²) in [4.78, 5) is 16.0. The normalized spacial score (nSPS) is 10.6. The maximum Gasteiger partial charge on any atom is 0.339 e. The Morgan fingerprint density at radius 1 is 1.05 bits per heavy atom. The number of benzene rings is 2. The van der Waals surface area contributed by atoms with Crippen LogP contribution < -0.4 is 5.63 Å². The largest absolute Gasteiger partial charge is 0.404 e. The fourth-order valence-electron chi connectivity index (χ4n) is 1.95. The fraction of sp³-hybridized carbons (Fsp3) is 0. The van der Waals surface area contributed by atoms with Crippen LogP contribution in [0.5, 0.6) is 0 Å². The van der Waals surface area contributed by atoms with Gasteiger partial charge in [0.2, 0.25) is 5.89 Å². The third-order valence-electron chi connectivity index (χ3n) is 2.90. The quantitative estimate of drug-likeness (QED) is 0.696. The molecule has 21 heavy (non-hydrogen) atoms. The molecule has 0 saturated carbocycles. The van der Waals surface area contributed by atoms with E-state index in [9.17, 15) is 9.18 Å². The number of nitrogens with zero attached hydrogens (tertiary/aromatic N) is 1. The van der Waals surface area contributed by atoms with Crippen LogP contribution in [-0.2, 0) is 0 Å². The van der Waals surface area contributed by atoms with Crippen molar-refractivity contribution in [1.82, 2.24) is 4.98 Å². The zero-order chi connectivity index (χ0) is 14.8. The molecule has 0 amide bonds. The number of halogens is 2. The van der Waals surface area contributed by atoms with E-state index < -0.39 is 11.4 Å². The predicted octanol–water partition coefficient (Wildman–Crippen LogP) is 4.27. The molecular formula is C16H9BrFNO2. The average molecular weight is 346 g/mol. The minimum absolute atomic E-state index is 0.155. The zero-order valence-corrected chi connectivity index (χ0v) is 12.3. The van der Waals surface area contributed by atoms with Gasteiger partial charge in [-0.15, -0.1) is 0 Å². The van der Waals surface area contributed by atoms with Crippen LogP contribution in [0.3, 0.4) is 0 Å². The number of hydrogen-bond donors (Lipinski definition) is 0. The monoisotopic (exact) mass is 345 g/mol. The van der Waals surface area contributed by atoms with Gasteiger partial charge in [0.25, 0.3) is 0 Å². The fourth-order valence-corrected chi connectivity index (χ4v) is 2.35. The predicted molar refractivity (Wildman–Crippen MR) is 81.3 cm³/mol. The Morgan fingerprint density at radius 3 is 2.62 bits per heavy atom. The van der Waals surface area contributed by atoms with Crippen molar-refractivity contribution < 1.29 is 8.81 Å². The van der Waals surface area contributed by atoms with Crippen molar-refractivity contribution in [2.75, 3.05) is 0 Å². The van der Waals surface area contributed by atoms with Crippen molar-refractivity contribution in [2.45, 2.75) is 0 Å². The molecule has 1 aromatic heterocycles. The lowest BCUT2D eigenvalue weighted by Gasteiger charge is -2.04. The highest BCUT2D eigenvalue weighted by Crippen LogP contribution is 2.24. The van der Waals surface area contributed by atoms with Crippen LogP contribution in [0.15, 0.2) is 68.3 Å². The maximum atomic E-state index is 13.8. The minimum Gasteiger partial charge on any atom is -0.404 e. The Kier molecular flexibility index (Phi) is 3.66. The van der Waals surface area contributed by atoms with E-state index in [1.54, 1.807) is 36.4 Å². The van der Waals surface area contributed by atoms with Gasteiger partial charge >= 0.3 is 5.63 Å². The molecule has 5 heteroatoms. The summed E-state index contributed by atoms with van der Waals surface area (Å²) in [5.74, 6) is -0.280. The summed E-state index contributed by atoms with van der Waals surface area (Å²) in [5.41, 5.74) is 0.582. The van der Waals surface area contributed by atoms with Crippen LogP contribution in [0.2, 0.25) is 0 Å². The highest BCUT2D eigenvalue weighted by molar-refractivity contribution is 9.10. The SMILES string of the molecule is O=c1cc(-c2ccccc2F)nc(-c2cccc(Br)c2)o1. The van der Waals surface area contributed by atoms with Gasteiger partial charge in [0.05, 0.1) is 11.8 Å². The summed E-state index contributed by atoms with van der Waals surface area (Å²) < 4.78 is 19.8. The van der Waals surface area contributed by atoms with Crippen molar-refractivity contribution in [3.05, 3.63) is 75.3 Å². The molecule has 0 saturated heterocycles. The maximum absolute atomic E-state index is 13.8. The lowest BCUT2D eigenvalue weighted by Crippen LogP contribution is -2.02. The van der Waals surface area contributed by atoms with Crippen molar-refractivity contribution in [2.24, 2.45) is 0 Å². The molecule has 2 aromatic carbocycles. The molecule has 1 heterocycles. The first-order valence-electron chi connectivity index (χ1n) is 6.16. The Bertz CT molecular complexity index is 861. The molecule has 104 valence electrons. The molecule has 0 unspecified atom stereocenters. The molecule has 0 bridgehead atoms. The molecule has 0 aliphatic heterocycles. The third-order valence-corrected chi connectivity index (χ3v) is 3.39. The van der Waals surface area contributed by atoms with Gasteiger partial charge in [0, 0.05) is 15.6 Å². The average Bonchev–Trinajstić information content (AvgIpc) is 2.47. The molecular weight excluding hydrogens is 337 g/mol. The topological polar surface area (TPSA) is 43.1 Å². The molecule has 0 aliphatic carbocycles. The number of aromatic nitrogens is 1. The van der Waals surface area contributed by atoms with Crippen molar-refractivity contribution >= 4 is 15.9 Å². The van der Waals surface area contributed by atoms with Gasteiger partial charge in [-0.25, -0.2) is 14.2 Å². The lowest BCUT2D eigenvalue weighted by atomic mass is 10.1. The number of hydrogen-bond acceptors (Lipinski definition) is 3. The van der Waals surface area contributed by atoms with Crippen molar-refractivity contribution in [3.63, 3.8) is 0 Å². The first-order valence-corrected chi connectivity index (χ1v) is 6.96. The highest BCUT2D eigenvalue weighted by atomic mass is 79.9. The van der Waals surface area contributed by atoms with Gasteiger partial charge < -0.3 is 4.42 Å². The smallest absolute Gasteiger partial charge is 0.339 e. The molecule has 0 atom stereocenters. The molecule has 0 N–H and O–H groups in total. The Hall–Kier alpha value is -2.27. The molecule has 0 fully saturated rings. The molecule has 3 rings (SSSR count). The van der Waals surface area contributed by atoms with E-state index >= 15 is 0 Å². The standard InChI is InChI=1S/C16H9BrFNO2/c17-11-5-3-4-10(8-11)16-19-14(9-15(20)21-16)12-6-1-2-7-13(12)18/h1-9H. The Morgan fingerprint density at radius 2 is 1.86 bits per heavy atom. The van der Waals surface area contributed by atoms with Crippen LogP contribution in [-0.4, -0.2) is 4.98 Å². The van der Waals surface area contributed by atoms with E-state index in [0.29, 0.717) is 5.56 Å². The second-order valence-electron chi connectivity index (χ2n) is 4.36. The summed E-state index contributed by atoms with van der Waals surface area (Å²) in [5, 5.41) is 0. The van der Waals surface area contributed by atoms with E-state index in [2.05, 4.69) is 20.9 Å². The van der Waals surface area contributed by atoms with Gasteiger partial charge in [-0.1, -0.05) is 34.1 Å². The van der Waals surface area contributed by atoms with E-state index in [0.717, 1.165) is 4.47 Å². The Balaban J connectivity index is 2.18. The van der Waals surface area contributed by atoms with Crippen molar-refractivity contribution in [3.8, 4) is 22.7 Å². The van der Waals surface area contributed by atoms with Crippen LogP contribution >= 0.6 is 15.9 Å². The van der Waals surface area contributed by atoms with E-state index in [4.69, 9.17) is 4.42 Å². The lowest BCUT2D eigenvalue weighted by molar-refractivity contribution is 0.508. The van der Waals surface area contributed by atoms with Gasteiger partial charge in [0.1, 0.15) is 5.82 Å². The third kappa shape index (κ3) is 2.92. The van der Waals surface area contributed by atoms with Crippen LogP contribution in [0, 0.1) is 5.82 Å². The van der Waals surface area contributed by atoms with E-state index in [1.807, 2.05) is 6.07 Å². The van der Waals surface area contributed by atoms with Crippen molar-refractivity contribution in [1.29, 1.82) is 0 Å². The minimum atomic E-state index is -0.571. The van der Waals surface area contributed by atoms with Crippen LogP contribution in [0.1, 0.15) is 0 Å². The number of rotatable bonds is 2. The highest BCUT2D eigenvalue weighted by Gasteiger charge is 2.11. The summed E-state index contributed by atoms with van der Waals surface area (Å²) in [6, 6.07) is 14.5. The van der Waals surface area contributed by atoms with Crippen LogP contribution in [0.4, 0.5) is 4.39 Å². The van der Waals surface area contributed by atoms with Crippen LogP contribution in [0.25, 0.3) is 22.7 Å². The molecule has 3 nitrogen and oxygen atoms in total. The second-order valence-corrected chi connectivity index (χ2v) is 5.27. The van der Waals surface area contributed by atoms with Gasteiger partial charge in [0.15, 0.2) is 0 Å². The summed E-state index contributed by atoms with van der Waals surface area (Å²) >= 11 is 3.35. The van der Waals surface area contributed by atoms with Gasteiger partial charge in [-0.3, -0.25) is 0 Å². The molecule has 3 aromatic rings. The summed E-state index contributed by atoms with van der Waals surface area (Å²) in [6.07, 6.45) is 0. The molecule has 0 aliphatic rings. The molecule has 0 spiro atoms. The first kappa shape index (κ1) is 13.7. The molecule has 0 radical (unpaired) electrons. The second kappa shape index (κ2) is 5.61. The van der Waals surface area contributed by atoms with E-state index in [1.165, 1.54) is 12.1 Å². The van der Waals surface area contributed by atoms with E-state index in [-0.39, 0.29) is 17.1 Å². The van der Waals surface area contributed by atoms with Gasteiger partial charge in [-0.2, -0.15) is 0 Å². The summed E-state index contributed by atoms with van der Waals surface area (Å²) in [7, 11) is 0. The zero-order valence-electron chi connectivity index (χ0n) is 10.7. The Labute approximate surface area is 128 Å². The first-order chi connectivity index (χ1) is 10.1.